The Kier molecular flexibility index (Phi) is 6.60. The number of piperazine rings is 2. The van der Waals surface area contributed by atoms with Crippen molar-refractivity contribution in [3.05, 3.63) is 36.9 Å². The van der Waals surface area contributed by atoms with E-state index in [1.807, 2.05) is 29.3 Å². The van der Waals surface area contributed by atoms with E-state index in [2.05, 4.69) is 51.1 Å². The molecule has 166 valence electrons. The van der Waals surface area contributed by atoms with Gasteiger partial charge in [0.1, 0.15) is 5.82 Å². The molecule has 9 heteroatoms. The van der Waals surface area contributed by atoms with Crippen molar-refractivity contribution in [1.29, 1.82) is 0 Å². The molecule has 0 bridgehead atoms. The summed E-state index contributed by atoms with van der Waals surface area (Å²) in [6, 6.07) is 4.88. The Bertz CT molecular complexity index is 988. The quantitative estimate of drug-likeness (QED) is 0.664. The Labute approximate surface area is 189 Å². The van der Waals surface area contributed by atoms with E-state index in [1.54, 1.807) is 0 Å². The Morgan fingerprint density at radius 1 is 0.935 bits per heavy atom. The second-order valence-corrected chi connectivity index (χ2v) is 8.39. The first-order chi connectivity index (χ1) is 14.7. The topological polar surface area (TPSA) is 64.8 Å². The van der Waals surface area contributed by atoms with E-state index in [0.717, 1.165) is 74.9 Å². The number of nitrogens with one attached hydrogen (secondary N) is 1. The summed E-state index contributed by atoms with van der Waals surface area (Å²) in [5.41, 5.74) is 4.28. The van der Waals surface area contributed by atoms with Gasteiger partial charge in [0.05, 0.1) is 29.3 Å². The Morgan fingerprint density at radius 3 is 2.39 bits per heavy atom. The highest BCUT2D eigenvalue weighted by Gasteiger charge is 2.20. The van der Waals surface area contributed by atoms with Crippen LogP contribution in [0, 0.1) is 0 Å². The maximum atomic E-state index is 4.73. The summed E-state index contributed by atoms with van der Waals surface area (Å²) in [5.74, 6) is 0.963. The van der Waals surface area contributed by atoms with Gasteiger partial charge in [-0.05, 0) is 26.0 Å². The van der Waals surface area contributed by atoms with Crippen LogP contribution in [0.2, 0.25) is 0 Å². The zero-order valence-corrected chi connectivity index (χ0v) is 19.1. The van der Waals surface area contributed by atoms with Crippen molar-refractivity contribution in [1.82, 2.24) is 29.8 Å². The summed E-state index contributed by atoms with van der Waals surface area (Å²) in [5, 5.41) is 7.92. The number of aromatic nitrogens is 4. The molecular weight excluding hydrogens is 412 g/mol. The lowest BCUT2D eigenvalue weighted by atomic mass is 10.2. The summed E-state index contributed by atoms with van der Waals surface area (Å²) in [7, 11) is 0. The van der Waals surface area contributed by atoms with Gasteiger partial charge in [0.2, 0.25) is 0 Å². The van der Waals surface area contributed by atoms with Gasteiger partial charge in [0, 0.05) is 76.4 Å². The second-order valence-electron chi connectivity index (χ2n) is 8.39. The molecule has 0 radical (unpaired) electrons. The predicted octanol–water partition coefficient (Wildman–Crippen LogP) is 2.15. The monoisotopic (exact) mass is 442 g/mol. The van der Waals surface area contributed by atoms with E-state index in [4.69, 9.17) is 9.97 Å². The Morgan fingerprint density at radius 2 is 1.71 bits per heavy atom. The smallest absolute Gasteiger partial charge is 0.147 e. The molecular formula is C22H31ClN8. The number of hydrogen-bond acceptors (Lipinski definition) is 7. The molecule has 2 fully saturated rings. The zero-order chi connectivity index (χ0) is 20.5. The average molecular weight is 443 g/mol. The third kappa shape index (κ3) is 4.46. The van der Waals surface area contributed by atoms with Crippen LogP contribution in [-0.4, -0.2) is 82.9 Å². The molecule has 0 unspecified atom stereocenters. The Hall–Kier alpha value is -2.42. The molecule has 2 aliphatic rings. The fraction of sp³-hybridized carbons (Fsp3) is 0.500. The molecule has 3 aromatic rings. The van der Waals surface area contributed by atoms with Crippen LogP contribution in [-0.2, 0) is 0 Å². The molecule has 2 aliphatic heterocycles. The fourth-order valence-electron chi connectivity index (χ4n) is 4.41. The van der Waals surface area contributed by atoms with Gasteiger partial charge < -0.3 is 15.1 Å². The largest absolute Gasteiger partial charge is 0.367 e. The van der Waals surface area contributed by atoms with Crippen LogP contribution in [0.3, 0.4) is 0 Å². The molecule has 5 heterocycles. The number of anilines is 2. The molecule has 31 heavy (non-hydrogen) atoms. The van der Waals surface area contributed by atoms with Crippen molar-refractivity contribution in [3.8, 4) is 11.3 Å². The van der Waals surface area contributed by atoms with Crippen molar-refractivity contribution >= 4 is 29.4 Å². The van der Waals surface area contributed by atoms with Crippen LogP contribution in [0.1, 0.15) is 13.8 Å². The van der Waals surface area contributed by atoms with Crippen molar-refractivity contribution in [2.45, 2.75) is 19.9 Å². The highest BCUT2D eigenvalue weighted by Crippen LogP contribution is 2.27. The van der Waals surface area contributed by atoms with Crippen molar-refractivity contribution in [2.24, 2.45) is 0 Å². The van der Waals surface area contributed by atoms with E-state index in [-0.39, 0.29) is 12.4 Å². The molecule has 0 spiro atoms. The fourth-order valence-corrected chi connectivity index (χ4v) is 4.41. The summed E-state index contributed by atoms with van der Waals surface area (Å²) in [4.78, 5) is 16.7. The minimum atomic E-state index is 0. The molecule has 1 N–H and O–H groups in total. The van der Waals surface area contributed by atoms with Crippen LogP contribution < -0.4 is 15.1 Å². The Balaban J connectivity index is 0.00000231. The average Bonchev–Trinajstić information content (AvgIpc) is 3.24. The highest BCUT2D eigenvalue weighted by molar-refractivity contribution is 5.85. The van der Waals surface area contributed by atoms with E-state index >= 15 is 0 Å². The third-order valence-electron chi connectivity index (χ3n) is 6.25. The SMILES string of the molecule is CC(C)N1CCN(c2cnc(-c3cc4c(N5CCNCC5)ccnn4c3)cn2)CC1.Cl. The lowest BCUT2D eigenvalue weighted by Crippen LogP contribution is -2.49. The van der Waals surface area contributed by atoms with Gasteiger partial charge in [-0.3, -0.25) is 9.88 Å². The van der Waals surface area contributed by atoms with Crippen molar-refractivity contribution in [2.75, 3.05) is 62.2 Å². The standard InChI is InChI=1S/C22H30N8.ClH/c1-17(2)27-9-11-29(12-10-27)22-15-24-19(14-25-22)18-13-21-20(3-4-26-30(21)16-18)28-7-5-23-6-8-28;/h3-4,13-17,23H,5-12H2,1-2H3;1H. The molecule has 8 nitrogen and oxygen atoms in total. The van der Waals surface area contributed by atoms with Crippen molar-refractivity contribution in [3.63, 3.8) is 0 Å². The lowest BCUT2D eigenvalue weighted by Gasteiger charge is -2.37. The van der Waals surface area contributed by atoms with Crippen LogP contribution in [0.4, 0.5) is 11.5 Å². The number of nitrogens with zero attached hydrogens (tertiary/aromatic N) is 7. The number of fused-ring (bicyclic) bond motifs is 1. The molecule has 5 rings (SSSR count). The zero-order valence-electron chi connectivity index (χ0n) is 18.2. The first-order valence-corrected chi connectivity index (χ1v) is 10.9. The lowest BCUT2D eigenvalue weighted by molar-refractivity contribution is 0.209. The van der Waals surface area contributed by atoms with Gasteiger partial charge in [-0.15, -0.1) is 12.4 Å². The summed E-state index contributed by atoms with van der Waals surface area (Å²) < 4.78 is 1.95. The molecule has 0 aliphatic carbocycles. The number of hydrogen-bond donors (Lipinski definition) is 1. The summed E-state index contributed by atoms with van der Waals surface area (Å²) in [6.45, 7) is 12.7. The van der Waals surface area contributed by atoms with Crippen LogP contribution >= 0.6 is 12.4 Å². The first kappa shape index (κ1) is 21.8. The summed E-state index contributed by atoms with van der Waals surface area (Å²) >= 11 is 0. The van der Waals surface area contributed by atoms with Gasteiger partial charge in [-0.2, -0.15) is 5.10 Å². The van der Waals surface area contributed by atoms with E-state index < -0.39 is 0 Å². The number of rotatable bonds is 4. The van der Waals surface area contributed by atoms with Gasteiger partial charge in [-0.25, -0.2) is 9.50 Å². The second kappa shape index (κ2) is 9.38. The van der Waals surface area contributed by atoms with Crippen molar-refractivity contribution < 1.29 is 0 Å². The maximum absolute atomic E-state index is 4.73. The predicted molar refractivity (Wildman–Crippen MR) is 127 cm³/mol. The highest BCUT2D eigenvalue weighted by atomic mass is 35.5. The van der Waals surface area contributed by atoms with E-state index in [9.17, 15) is 0 Å². The van der Waals surface area contributed by atoms with Crippen LogP contribution in [0.15, 0.2) is 36.9 Å². The van der Waals surface area contributed by atoms with Gasteiger partial charge >= 0.3 is 0 Å². The minimum absolute atomic E-state index is 0. The molecule has 0 atom stereocenters. The van der Waals surface area contributed by atoms with Gasteiger partial charge in [0.15, 0.2) is 0 Å². The molecule has 0 amide bonds. The third-order valence-corrected chi connectivity index (χ3v) is 6.25. The normalized spacial score (nSPS) is 17.9. The molecule has 3 aromatic heterocycles. The van der Waals surface area contributed by atoms with Crippen LogP contribution in [0.25, 0.3) is 16.8 Å². The first-order valence-electron chi connectivity index (χ1n) is 10.9. The van der Waals surface area contributed by atoms with Gasteiger partial charge in [0.25, 0.3) is 0 Å². The minimum Gasteiger partial charge on any atom is -0.367 e. The maximum Gasteiger partial charge on any atom is 0.147 e. The summed E-state index contributed by atoms with van der Waals surface area (Å²) in [6.07, 6.45) is 7.72. The molecule has 2 saturated heterocycles. The van der Waals surface area contributed by atoms with Crippen LogP contribution in [0.5, 0.6) is 0 Å². The molecule has 0 saturated carbocycles. The number of halogens is 1. The van der Waals surface area contributed by atoms with E-state index in [0.29, 0.717) is 6.04 Å². The molecule has 0 aromatic carbocycles. The van der Waals surface area contributed by atoms with Gasteiger partial charge in [-0.1, -0.05) is 0 Å². The van der Waals surface area contributed by atoms with E-state index in [1.165, 1.54) is 5.69 Å².